The number of hydrogen-bond donors (Lipinski definition) is 1. The van der Waals surface area contributed by atoms with Crippen molar-refractivity contribution in [1.82, 2.24) is 0 Å². The minimum Gasteiger partial charge on any atom is -0.493 e. The van der Waals surface area contributed by atoms with Gasteiger partial charge in [-0.05, 0) is 49.2 Å². The fourth-order valence-corrected chi connectivity index (χ4v) is 2.18. The average Bonchev–Trinajstić information content (AvgIpc) is 2.44. The third-order valence-electron chi connectivity index (χ3n) is 3.14. The van der Waals surface area contributed by atoms with Crippen molar-refractivity contribution in [3.63, 3.8) is 0 Å². The van der Waals surface area contributed by atoms with Crippen LogP contribution in [0.5, 0.6) is 5.75 Å². The maximum Gasteiger partial charge on any atom is 0.227 e. The Balaban J connectivity index is 1.84. The van der Waals surface area contributed by atoms with Gasteiger partial charge in [0.15, 0.2) is 0 Å². The number of nitrogens with one attached hydrogen (secondary N) is 1. The van der Waals surface area contributed by atoms with Gasteiger partial charge in [-0.2, -0.15) is 0 Å². The Bertz CT molecular complexity index is 640. The molecule has 0 fully saturated rings. The summed E-state index contributed by atoms with van der Waals surface area (Å²) >= 11 is 5.89. The molecule has 0 radical (unpaired) electrons. The number of benzene rings is 2. The van der Waals surface area contributed by atoms with Crippen molar-refractivity contribution in [2.45, 2.75) is 20.3 Å². The van der Waals surface area contributed by atoms with Crippen molar-refractivity contribution in [2.24, 2.45) is 0 Å². The van der Waals surface area contributed by atoms with Crippen LogP contribution in [0, 0.1) is 13.8 Å². The lowest BCUT2D eigenvalue weighted by Crippen LogP contribution is -2.16. The number of rotatable bonds is 5. The highest BCUT2D eigenvalue weighted by atomic mass is 35.5. The molecule has 0 aliphatic carbocycles. The van der Waals surface area contributed by atoms with Gasteiger partial charge in [0.25, 0.3) is 0 Å². The lowest BCUT2D eigenvalue weighted by molar-refractivity contribution is -0.116. The van der Waals surface area contributed by atoms with Crippen LogP contribution in [-0.2, 0) is 4.79 Å². The Morgan fingerprint density at radius 2 is 1.90 bits per heavy atom. The van der Waals surface area contributed by atoms with Gasteiger partial charge in [0, 0.05) is 10.7 Å². The summed E-state index contributed by atoms with van der Waals surface area (Å²) in [4.78, 5) is 11.9. The van der Waals surface area contributed by atoms with Gasteiger partial charge in [0.1, 0.15) is 5.75 Å². The van der Waals surface area contributed by atoms with Crippen LogP contribution in [0.15, 0.2) is 42.5 Å². The van der Waals surface area contributed by atoms with Gasteiger partial charge in [-0.3, -0.25) is 4.79 Å². The Hall–Kier alpha value is -2.00. The van der Waals surface area contributed by atoms with E-state index >= 15 is 0 Å². The molecule has 4 heteroatoms. The second-order valence-electron chi connectivity index (χ2n) is 4.87. The van der Waals surface area contributed by atoms with Gasteiger partial charge in [-0.25, -0.2) is 0 Å². The summed E-state index contributed by atoms with van der Waals surface area (Å²) in [5.74, 6) is 0.738. The zero-order valence-electron chi connectivity index (χ0n) is 12.2. The summed E-state index contributed by atoms with van der Waals surface area (Å²) < 4.78 is 5.61. The molecular formula is C17H18ClNO2. The predicted molar refractivity (Wildman–Crippen MR) is 86.1 cm³/mol. The first-order valence-electron chi connectivity index (χ1n) is 6.80. The zero-order chi connectivity index (χ0) is 15.2. The second-order valence-corrected chi connectivity index (χ2v) is 5.31. The SMILES string of the molecule is Cc1cc(Cl)ccc1NC(=O)CCOc1ccccc1C. The Morgan fingerprint density at radius 1 is 1.14 bits per heavy atom. The molecule has 0 aliphatic heterocycles. The maximum atomic E-state index is 11.9. The van der Waals surface area contributed by atoms with E-state index in [9.17, 15) is 4.79 Å². The number of carbonyl (C=O) groups excluding carboxylic acids is 1. The molecule has 2 aromatic rings. The van der Waals surface area contributed by atoms with E-state index in [1.54, 1.807) is 12.1 Å². The van der Waals surface area contributed by atoms with Crippen molar-refractivity contribution in [2.75, 3.05) is 11.9 Å². The highest BCUT2D eigenvalue weighted by Gasteiger charge is 2.06. The minimum atomic E-state index is -0.0750. The van der Waals surface area contributed by atoms with Crippen LogP contribution in [0.4, 0.5) is 5.69 Å². The summed E-state index contributed by atoms with van der Waals surface area (Å²) in [5, 5.41) is 3.52. The van der Waals surface area contributed by atoms with E-state index < -0.39 is 0 Å². The van der Waals surface area contributed by atoms with Gasteiger partial charge in [0.2, 0.25) is 5.91 Å². The van der Waals surface area contributed by atoms with Gasteiger partial charge in [-0.1, -0.05) is 29.8 Å². The van der Waals surface area contributed by atoms with Crippen molar-refractivity contribution in [3.8, 4) is 5.75 Å². The summed E-state index contributed by atoms with van der Waals surface area (Å²) in [7, 11) is 0. The number of carbonyl (C=O) groups is 1. The van der Waals surface area contributed by atoms with Gasteiger partial charge in [-0.15, -0.1) is 0 Å². The standard InChI is InChI=1S/C17H18ClNO2/c1-12-5-3-4-6-16(12)21-10-9-17(20)19-15-8-7-14(18)11-13(15)2/h3-8,11H,9-10H2,1-2H3,(H,19,20). The smallest absolute Gasteiger partial charge is 0.227 e. The summed E-state index contributed by atoms with van der Waals surface area (Å²) in [6, 6.07) is 13.1. The van der Waals surface area contributed by atoms with Crippen LogP contribution in [0.25, 0.3) is 0 Å². The number of hydrogen-bond acceptors (Lipinski definition) is 2. The van der Waals surface area contributed by atoms with Gasteiger partial charge < -0.3 is 10.1 Å². The second kappa shape index (κ2) is 7.14. The molecule has 2 rings (SSSR count). The number of anilines is 1. The van der Waals surface area contributed by atoms with Crippen LogP contribution >= 0.6 is 11.6 Å². The Morgan fingerprint density at radius 3 is 2.62 bits per heavy atom. The molecule has 0 atom stereocenters. The van der Waals surface area contributed by atoms with Crippen molar-refractivity contribution in [3.05, 3.63) is 58.6 Å². The Labute approximate surface area is 129 Å². The monoisotopic (exact) mass is 303 g/mol. The number of halogens is 1. The van der Waals surface area contributed by atoms with E-state index in [-0.39, 0.29) is 5.91 Å². The summed E-state index contributed by atoms with van der Waals surface area (Å²) in [6.07, 6.45) is 0.302. The summed E-state index contributed by atoms with van der Waals surface area (Å²) in [5.41, 5.74) is 2.78. The van der Waals surface area contributed by atoms with E-state index in [1.807, 2.05) is 44.2 Å². The lowest BCUT2D eigenvalue weighted by Gasteiger charge is -2.10. The topological polar surface area (TPSA) is 38.3 Å². The molecule has 3 nitrogen and oxygen atoms in total. The molecule has 0 aliphatic rings. The molecule has 2 aromatic carbocycles. The van der Waals surface area contributed by atoms with Gasteiger partial charge in [0.05, 0.1) is 13.0 Å². The van der Waals surface area contributed by atoms with E-state index in [4.69, 9.17) is 16.3 Å². The molecule has 1 N–H and O–H groups in total. The minimum absolute atomic E-state index is 0.0750. The zero-order valence-corrected chi connectivity index (χ0v) is 12.9. The molecule has 0 unspecified atom stereocenters. The normalized spacial score (nSPS) is 10.2. The van der Waals surface area contributed by atoms with Crippen LogP contribution in [0.3, 0.4) is 0 Å². The maximum absolute atomic E-state index is 11.9. The van der Waals surface area contributed by atoms with E-state index in [0.29, 0.717) is 18.1 Å². The predicted octanol–water partition coefficient (Wildman–Crippen LogP) is 4.36. The van der Waals surface area contributed by atoms with E-state index in [2.05, 4.69) is 5.32 Å². The molecule has 0 heterocycles. The number of para-hydroxylation sites is 1. The first-order chi connectivity index (χ1) is 10.1. The van der Waals surface area contributed by atoms with Crippen molar-refractivity contribution < 1.29 is 9.53 Å². The average molecular weight is 304 g/mol. The summed E-state index contributed by atoms with van der Waals surface area (Å²) in [6.45, 7) is 4.24. The molecule has 21 heavy (non-hydrogen) atoms. The third-order valence-corrected chi connectivity index (χ3v) is 3.38. The fraction of sp³-hybridized carbons (Fsp3) is 0.235. The molecule has 110 valence electrons. The molecule has 1 amide bonds. The largest absolute Gasteiger partial charge is 0.493 e. The highest BCUT2D eigenvalue weighted by Crippen LogP contribution is 2.20. The lowest BCUT2D eigenvalue weighted by atomic mass is 10.2. The molecular weight excluding hydrogens is 286 g/mol. The Kier molecular flexibility index (Phi) is 5.23. The molecule has 0 aromatic heterocycles. The van der Waals surface area contributed by atoms with Crippen LogP contribution in [0.2, 0.25) is 5.02 Å². The first kappa shape index (κ1) is 15.4. The van der Waals surface area contributed by atoms with Crippen LogP contribution < -0.4 is 10.1 Å². The number of aryl methyl sites for hydroxylation is 2. The quantitative estimate of drug-likeness (QED) is 0.891. The van der Waals surface area contributed by atoms with E-state index in [1.165, 1.54) is 0 Å². The molecule has 0 saturated heterocycles. The number of amides is 1. The number of ether oxygens (including phenoxy) is 1. The molecule has 0 saturated carbocycles. The fourth-order valence-electron chi connectivity index (χ4n) is 1.95. The van der Waals surface area contributed by atoms with Crippen LogP contribution in [-0.4, -0.2) is 12.5 Å². The molecule has 0 bridgehead atoms. The van der Waals surface area contributed by atoms with E-state index in [0.717, 1.165) is 22.6 Å². The highest BCUT2D eigenvalue weighted by molar-refractivity contribution is 6.30. The first-order valence-corrected chi connectivity index (χ1v) is 7.18. The van der Waals surface area contributed by atoms with Gasteiger partial charge >= 0.3 is 0 Å². The molecule has 0 spiro atoms. The van der Waals surface area contributed by atoms with Crippen molar-refractivity contribution in [1.29, 1.82) is 0 Å². The van der Waals surface area contributed by atoms with Crippen molar-refractivity contribution >= 4 is 23.2 Å². The third kappa shape index (κ3) is 4.50. The van der Waals surface area contributed by atoms with Crippen LogP contribution in [0.1, 0.15) is 17.5 Å².